The van der Waals surface area contributed by atoms with Crippen LogP contribution < -0.4 is 9.47 Å². The minimum atomic E-state index is -3.01. The molecule has 0 aliphatic heterocycles. The molecule has 0 saturated carbocycles. The molecule has 0 atom stereocenters. The van der Waals surface area contributed by atoms with Crippen LogP contribution in [0.15, 0.2) is 53.9 Å². The van der Waals surface area contributed by atoms with E-state index in [1.807, 2.05) is 35.7 Å². The highest BCUT2D eigenvalue weighted by Crippen LogP contribution is 2.35. The second-order valence-electron chi connectivity index (χ2n) is 5.33. The van der Waals surface area contributed by atoms with Crippen molar-refractivity contribution in [3.63, 3.8) is 0 Å². The van der Waals surface area contributed by atoms with Gasteiger partial charge in [-0.2, -0.15) is 14.0 Å². The third-order valence-electron chi connectivity index (χ3n) is 3.66. The van der Waals surface area contributed by atoms with Crippen molar-refractivity contribution in [3.8, 4) is 28.8 Å². The van der Waals surface area contributed by atoms with E-state index in [0.29, 0.717) is 10.6 Å². The van der Waals surface area contributed by atoms with E-state index < -0.39 is 6.61 Å². The lowest BCUT2D eigenvalue weighted by Crippen LogP contribution is -2.05. The third kappa shape index (κ3) is 4.30. The van der Waals surface area contributed by atoms with Crippen molar-refractivity contribution in [1.29, 1.82) is 5.26 Å². The summed E-state index contributed by atoms with van der Waals surface area (Å²) >= 11 is 1.30. The number of nitriles is 1. The Morgan fingerprint density at radius 3 is 2.63 bits per heavy atom. The number of aromatic nitrogens is 1. The van der Waals surface area contributed by atoms with Gasteiger partial charge in [-0.3, -0.25) is 0 Å². The number of hydrogen-bond acceptors (Lipinski definition) is 5. The molecule has 27 heavy (non-hydrogen) atoms. The van der Waals surface area contributed by atoms with Crippen molar-refractivity contribution in [3.05, 3.63) is 64.5 Å². The van der Waals surface area contributed by atoms with E-state index in [2.05, 4.69) is 15.8 Å². The van der Waals surface area contributed by atoms with Crippen LogP contribution in [0, 0.1) is 11.3 Å². The van der Waals surface area contributed by atoms with E-state index in [1.54, 1.807) is 12.1 Å². The van der Waals surface area contributed by atoms with Crippen LogP contribution in [0.4, 0.5) is 8.78 Å². The Balaban J connectivity index is 2.01. The Morgan fingerprint density at radius 2 is 1.96 bits per heavy atom. The van der Waals surface area contributed by atoms with E-state index in [4.69, 9.17) is 4.74 Å². The molecule has 1 aromatic heterocycles. The smallest absolute Gasteiger partial charge is 0.387 e. The lowest BCUT2D eigenvalue weighted by atomic mass is 10.1. The van der Waals surface area contributed by atoms with Gasteiger partial charge in [-0.1, -0.05) is 42.5 Å². The maximum atomic E-state index is 12.8. The van der Waals surface area contributed by atoms with E-state index >= 15 is 0 Å². The Kier molecular flexibility index (Phi) is 5.79. The van der Waals surface area contributed by atoms with Crippen LogP contribution in [0.5, 0.6) is 11.5 Å². The Hall–Kier alpha value is -3.24. The molecule has 0 amide bonds. The van der Waals surface area contributed by atoms with Gasteiger partial charge in [-0.05, 0) is 12.1 Å². The zero-order valence-corrected chi connectivity index (χ0v) is 15.0. The summed E-state index contributed by atoms with van der Waals surface area (Å²) in [4.78, 5) is 4.49. The molecule has 0 unspecified atom stereocenters. The molecule has 0 N–H and O–H groups in total. The van der Waals surface area contributed by atoms with Crippen LogP contribution in [0.2, 0.25) is 0 Å². The van der Waals surface area contributed by atoms with Gasteiger partial charge >= 0.3 is 6.61 Å². The second-order valence-corrected chi connectivity index (χ2v) is 6.19. The van der Waals surface area contributed by atoms with Gasteiger partial charge in [-0.15, -0.1) is 11.3 Å². The van der Waals surface area contributed by atoms with Gasteiger partial charge < -0.3 is 9.47 Å². The number of allylic oxidation sites excluding steroid dienone is 1. The van der Waals surface area contributed by atoms with Crippen LogP contribution >= 0.6 is 11.3 Å². The summed E-state index contributed by atoms with van der Waals surface area (Å²) in [6, 6.07) is 16.3. The zero-order valence-electron chi connectivity index (χ0n) is 14.2. The van der Waals surface area contributed by atoms with E-state index in [9.17, 15) is 14.0 Å². The number of methoxy groups -OCH3 is 1. The van der Waals surface area contributed by atoms with E-state index in [-0.39, 0.29) is 17.1 Å². The highest BCUT2D eigenvalue weighted by molar-refractivity contribution is 7.11. The summed E-state index contributed by atoms with van der Waals surface area (Å²) in [5.74, 6) is 0.0352. The topological polar surface area (TPSA) is 55.1 Å². The summed E-state index contributed by atoms with van der Waals surface area (Å²) in [5.41, 5.74) is 2.23. The molecule has 3 rings (SSSR count). The Morgan fingerprint density at radius 1 is 1.19 bits per heavy atom. The number of ether oxygens (including phenoxy) is 2. The molecule has 0 aliphatic carbocycles. The van der Waals surface area contributed by atoms with Crippen LogP contribution in [0.25, 0.3) is 22.9 Å². The van der Waals surface area contributed by atoms with Crippen molar-refractivity contribution in [2.75, 3.05) is 7.11 Å². The fraction of sp³-hybridized carbons (Fsp3) is 0.100. The first-order chi connectivity index (χ1) is 13.1. The number of benzene rings is 2. The molecule has 4 nitrogen and oxygen atoms in total. The molecule has 0 saturated heterocycles. The van der Waals surface area contributed by atoms with Gasteiger partial charge in [0, 0.05) is 16.5 Å². The molecule has 7 heteroatoms. The van der Waals surface area contributed by atoms with E-state index in [0.717, 1.165) is 11.3 Å². The van der Waals surface area contributed by atoms with Gasteiger partial charge in [0.1, 0.15) is 11.1 Å². The van der Waals surface area contributed by atoms with Crippen molar-refractivity contribution >= 4 is 23.0 Å². The largest absolute Gasteiger partial charge is 0.493 e. The number of thiazole rings is 1. The fourth-order valence-corrected chi connectivity index (χ4v) is 3.25. The third-order valence-corrected chi connectivity index (χ3v) is 4.54. The highest BCUT2D eigenvalue weighted by atomic mass is 32.1. The molecule has 2 aromatic carbocycles. The molecule has 1 heterocycles. The number of nitrogens with zero attached hydrogens (tertiary/aromatic N) is 2. The number of para-hydroxylation sites is 1. The standard InChI is InChI=1S/C20H14F2N2O2S/c1-25-17-9-5-8-14(18(17)26-20(21)22)10-15(11-23)19-24-16(12-27-19)13-6-3-2-4-7-13/h2-10,12,20H,1H3/b15-10+. The Bertz CT molecular complexity index is 995. The highest BCUT2D eigenvalue weighted by Gasteiger charge is 2.16. The first-order valence-electron chi connectivity index (χ1n) is 7.87. The van der Waals surface area contributed by atoms with Crippen LogP contribution in [0.1, 0.15) is 10.6 Å². The molecule has 0 fully saturated rings. The molecule has 0 spiro atoms. The summed E-state index contributed by atoms with van der Waals surface area (Å²) in [5, 5.41) is 11.9. The maximum Gasteiger partial charge on any atom is 0.387 e. The zero-order chi connectivity index (χ0) is 19.2. The minimum Gasteiger partial charge on any atom is -0.493 e. The van der Waals surface area contributed by atoms with Gasteiger partial charge in [0.15, 0.2) is 11.5 Å². The van der Waals surface area contributed by atoms with Crippen LogP contribution in [-0.2, 0) is 0 Å². The predicted molar refractivity (Wildman–Crippen MR) is 101 cm³/mol. The first kappa shape index (κ1) is 18.5. The number of halogens is 2. The van der Waals surface area contributed by atoms with Crippen molar-refractivity contribution in [2.45, 2.75) is 6.61 Å². The molecule has 0 radical (unpaired) electrons. The SMILES string of the molecule is COc1cccc(/C=C(\C#N)c2nc(-c3ccccc3)cs2)c1OC(F)F. The lowest BCUT2D eigenvalue weighted by molar-refractivity contribution is -0.0513. The summed E-state index contributed by atoms with van der Waals surface area (Å²) in [6.07, 6.45) is 1.47. The minimum absolute atomic E-state index is 0.123. The monoisotopic (exact) mass is 384 g/mol. The average Bonchev–Trinajstić information content (AvgIpc) is 3.17. The normalized spacial score (nSPS) is 11.3. The lowest BCUT2D eigenvalue weighted by Gasteiger charge is -2.12. The van der Waals surface area contributed by atoms with Gasteiger partial charge in [0.25, 0.3) is 0 Å². The summed E-state index contributed by atoms with van der Waals surface area (Å²) < 4.78 is 35.2. The van der Waals surface area contributed by atoms with Gasteiger partial charge in [0.05, 0.1) is 18.4 Å². The maximum absolute atomic E-state index is 12.8. The van der Waals surface area contributed by atoms with Crippen molar-refractivity contribution < 1.29 is 18.3 Å². The van der Waals surface area contributed by atoms with Crippen molar-refractivity contribution in [1.82, 2.24) is 4.98 Å². The molecular weight excluding hydrogens is 370 g/mol. The number of hydrogen-bond donors (Lipinski definition) is 0. The second kappa shape index (κ2) is 8.43. The van der Waals surface area contributed by atoms with Gasteiger partial charge in [0.2, 0.25) is 0 Å². The molecular formula is C20H14F2N2O2S. The molecule has 136 valence electrons. The predicted octanol–water partition coefficient (Wildman–Crippen LogP) is 5.48. The van der Waals surface area contributed by atoms with Crippen molar-refractivity contribution in [2.24, 2.45) is 0 Å². The van der Waals surface area contributed by atoms with Crippen LogP contribution in [-0.4, -0.2) is 18.7 Å². The van der Waals surface area contributed by atoms with Crippen LogP contribution in [0.3, 0.4) is 0 Å². The molecule has 3 aromatic rings. The van der Waals surface area contributed by atoms with E-state index in [1.165, 1.54) is 30.6 Å². The molecule has 0 aliphatic rings. The summed E-state index contributed by atoms with van der Waals surface area (Å²) in [6.45, 7) is -3.01. The average molecular weight is 384 g/mol. The Labute approximate surface area is 158 Å². The number of rotatable bonds is 6. The molecule has 0 bridgehead atoms. The first-order valence-corrected chi connectivity index (χ1v) is 8.75. The summed E-state index contributed by atoms with van der Waals surface area (Å²) in [7, 11) is 1.36. The van der Waals surface area contributed by atoms with Gasteiger partial charge in [-0.25, -0.2) is 4.98 Å². The number of alkyl halides is 2. The quantitative estimate of drug-likeness (QED) is 0.528. The fourth-order valence-electron chi connectivity index (χ4n) is 2.46.